The van der Waals surface area contributed by atoms with Crippen LogP contribution in [0.4, 0.5) is 0 Å². The molecule has 0 radical (unpaired) electrons. The second-order valence-corrected chi connectivity index (χ2v) is 5.74. The summed E-state index contributed by atoms with van der Waals surface area (Å²) in [4.78, 5) is 17.1. The minimum atomic E-state index is -0.0931. The maximum absolute atomic E-state index is 12.2. The van der Waals surface area contributed by atoms with Crippen LogP contribution >= 0.6 is 11.9 Å². The number of ether oxygens (including phenoxy) is 1. The third-order valence-electron chi connectivity index (χ3n) is 2.94. The summed E-state index contributed by atoms with van der Waals surface area (Å²) >= 11 is 1.43. The Kier molecular flexibility index (Phi) is 10.5. The Morgan fingerprint density at radius 2 is 2.21 bits per heavy atom. The van der Waals surface area contributed by atoms with E-state index in [1.807, 2.05) is 44.2 Å². The number of carbonyl (C=O) groups is 1. The Morgan fingerprint density at radius 1 is 1.42 bits per heavy atom. The van der Waals surface area contributed by atoms with Crippen LogP contribution in [-0.2, 0) is 4.74 Å². The zero-order valence-corrected chi connectivity index (χ0v) is 15.1. The van der Waals surface area contributed by atoms with Crippen LogP contribution in [0.15, 0.2) is 58.6 Å². The molecule has 0 spiro atoms. The van der Waals surface area contributed by atoms with Crippen molar-refractivity contribution in [3.63, 3.8) is 0 Å². The van der Waals surface area contributed by atoms with Crippen molar-refractivity contribution in [1.29, 1.82) is 0 Å². The van der Waals surface area contributed by atoms with Crippen molar-refractivity contribution < 1.29 is 9.53 Å². The molecule has 0 atom stereocenters. The van der Waals surface area contributed by atoms with Crippen molar-refractivity contribution in [2.45, 2.75) is 18.7 Å². The van der Waals surface area contributed by atoms with Gasteiger partial charge in [-0.05, 0) is 43.5 Å². The number of nitrogens with one attached hydrogen (secondary N) is 2. The summed E-state index contributed by atoms with van der Waals surface area (Å²) in [6.45, 7) is 9.78. The highest BCUT2D eigenvalue weighted by atomic mass is 32.2. The lowest BCUT2D eigenvalue weighted by Crippen LogP contribution is -2.27. The van der Waals surface area contributed by atoms with Crippen LogP contribution in [-0.4, -0.2) is 38.4 Å². The third-order valence-corrected chi connectivity index (χ3v) is 3.83. The van der Waals surface area contributed by atoms with Gasteiger partial charge in [-0.2, -0.15) is 0 Å². The summed E-state index contributed by atoms with van der Waals surface area (Å²) in [5.74, 6) is -0.0931. The molecule has 0 saturated carbocycles. The minimum absolute atomic E-state index is 0.0931. The number of benzene rings is 1. The first kappa shape index (κ1) is 20.2. The summed E-state index contributed by atoms with van der Waals surface area (Å²) in [7, 11) is 0. The molecular formula is C18H25N3O2S. The molecule has 1 aromatic carbocycles. The monoisotopic (exact) mass is 347 g/mol. The van der Waals surface area contributed by atoms with Gasteiger partial charge in [0.05, 0.1) is 12.2 Å². The van der Waals surface area contributed by atoms with Gasteiger partial charge < -0.3 is 10.1 Å². The number of aliphatic imine (C=N–C) groups is 1. The molecule has 0 aliphatic rings. The fourth-order valence-corrected chi connectivity index (χ4v) is 2.50. The van der Waals surface area contributed by atoms with Gasteiger partial charge in [0, 0.05) is 37.0 Å². The maximum atomic E-state index is 12.2. The topological polar surface area (TPSA) is 62.7 Å². The average Bonchev–Trinajstić information content (AvgIpc) is 2.60. The summed E-state index contributed by atoms with van der Waals surface area (Å²) in [6.07, 6.45) is 5.27. The molecule has 0 unspecified atom stereocenters. The van der Waals surface area contributed by atoms with E-state index in [1.54, 1.807) is 6.21 Å². The van der Waals surface area contributed by atoms with E-state index in [4.69, 9.17) is 4.74 Å². The van der Waals surface area contributed by atoms with Crippen LogP contribution in [0, 0.1) is 0 Å². The van der Waals surface area contributed by atoms with Crippen LogP contribution < -0.4 is 10.0 Å². The molecule has 1 rings (SSSR count). The second-order valence-electron chi connectivity index (χ2n) is 4.81. The zero-order valence-electron chi connectivity index (χ0n) is 14.2. The summed E-state index contributed by atoms with van der Waals surface area (Å²) in [5.41, 5.74) is 1.70. The molecular weight excluding hydrogens is 322 g/mol. The largest absolute Gasteiger partial charge is 0.380 e. The van der Waals surface area contributed by atoms with E-state index in [0.29, 0.717) is 31.9 Å². The SMILES string of the molecule is C=CN=C/C(C)=C\CNSc1ccccc1C(=O)NCCOCC. The number of carbonyl (C=O) groups excluding carboxylic acids is 1. The van der Waals surface area contributed by atoms with Crippen LogP contribution in [0.5, 0.6) is 0 Å². The highest BCUT2D eigenvalue weighted by Crippen LogP contribution is 2.19. The van der Waals surface area contributed by atoms with E-state index < -0.39 is 0 Å². The molecule has 130 valence electrons. The lowest BCUT2D eigenvalue weighted by molar-refractivity contribution is 0.0919. The van der Waals surface area contributed by atoms with Gasteiger partial charge in [0.15, 0.2) is 0 Å². The molecule has 0 aliphatic carbocycles. The molecule has 24 heavy (non-hydrogen) atoms. The van der Waals surface area contributed by atoms with Crippen LogP contribution in [0.2, 0.25) is 0 Å². The first-order valence-corrected chi connectivity index (χ1v) is 8.66. The normalized spacial score (nSPS) is 11.7. The van der Waals surface area contributed by atoms with Crippen molar-refractivity contribution in [2.24, 2.45) is 4.99 Å². The predicted molar refractivity (Wildman–Crippen MR) is 102 cm³/mol. The first-order chi connectivity index (χ1) is 11.7. The van der Waals surface area contributed by atoms with E-state index >= 15 is 0 Å². The quantitative estimate of drug-likeness (QED) is 0.366. The number of nitrogens with zero attached hydrogens (tertiary/aromatic N) is 1. The molecule has 1 amide bonds. The number of allylic oxidation sites excluding steroid dienone is 1. The lowest BCUT2D eigenvalue weighted by Gasteiger charge is -2.10. The van der Waals surface area contributed by atoms with Gasteiger partial charge in [-0.1, -0.05) is 24.8 Å². The van der Waals surface area contributed by atoms with Gasteiger partial charge in [0.1, 0.15) is 0 Å². The third kappa shape index (κ3) is 8.10. The fraction of sp³-hybridized carbons (Fsp3) is 0.333. The van der Waals surface area contributed by atoms with E-state index in [2.05, 4.69) is 21.6 Å². The lowest BCUT2D eigenvalue weighted by atomic mass is 10.2. The van der Waals surface area contributed by atoms with E-state index in [1.165, 1.54) is 18.1 Å². The minimum Gasteiger partial charge on any atom is -0.380 e. The Labute approximate surface area is 148 Å². The molecule has 0 heterocycles. The molecule has 0 fully saturated rings. The second kappa shape index (κ2) is 12.5. The van der Waals surface area contributed by atoms with Gasteiger partial charge >= 0.3 is 0 Å². The number of hydrogen-bond acceptors (Lipinski definition) is 5. The van der Waals surface area contributed by atoms with Gasteiger partial charge in [-0.25, -0.2) is 0 Å². The zero-order chi connectivity index (χ0) is 17.6. The van der Waals surface area contributed by atoms with Gasteiger partial charge in [0.25, 0.3) is 5.91 Å². The predicted octanol–water partition coefficient (Wildman–Crippen LogP) is 3.21. The molecule has 0 saturated heterocycles. The molecule has 1 aromatic rings. The Morgan fingerprint density at radius 3 is 2.96 bits per heavy atom. The highest BCUT2D eigenvalue weighted by molar-refractivity contribution is 7.97. The van der Waals surface area contributed by atoms with Gasteiger partial charge in [0.2, 0.25) is 0 Å². The Hall–Kier alpha value is -1.89. The van der Waals surface area contributed by atoms with Crippen molar-refractivity contribution in [1.82, 2.24) is 10.0 Å². The van der Waals surface area contributed by atoms with Crippen LogP contribution in [0.1, 0.15) is 24.2 Å². The summed E-state index contributed by atoms with van der Waals surface area (Å²) in [5, 5.41) is 2.86. The Bertz CT molecular complexity index is 585. The Balaban J connectivity index is 2.52. The summed E-state index contributed by atoms with van der Waals surface area (Å²) < 4.78 is 8.45. The summed E-state index contributed by atoms with van der Waals surface area (Å²) in [6, 6.07) is 7.51. The maximum Gasteiger partial charge on any atom is 0.252 e. The van der Waals surface area contributed by atoms with E-state index in [0.717, 1.165) is 10.5 Å². The van der Waals surface area contributed by atoms with Crippen LogP contribution in [0.25, 0.3) is 0 Å². The van der Waals surface area contributed by atoms with E-state index in [9.17, 15) is 4.79 Å². The smallest absolute Gasteiger partial charge is 0.252 e. The number of rotatable bonds is 11. The number of hydrogen-bond donors (Lipinski definition) is 2. The fourth-order valence-electron chi connectivity index (χ4n) is 1.76. The van der Waals surface area contributed by atoms with E-state index in [-0.39, 0.29) is 5.91 Å². The van der Waals surface area contributed by atoms with Crippen molar-refractivity contribution in [2.75, 3.05) is 26.3 Å². The molecule has 0 aromatic heterocycles. The first-order valence-electron chi connectivity index (χ1n) is 7.84. The number of amides is 1. The molecule has 6 heteroatoms. The molecule has 2 N–H and O–H groups in total. The van der Waals surface area contributed by atoms with Crippen LogP contribution in [0.3, 0.4) is 0 Å². The average molecular weight is 347 g/mol. The van der Waals surface area contributed by atoms with Gasteiger partial charge in [-0.15, -0.1) is 0 Å². The van der Waals surface area contributed by atoms with Crippen molar-refractivity contribution >= 4 is 24.1 Å². The van der Waals surface area contributed by atoms with Crippen molar-refractivity contribution in [3.8, 4) is 0 Å². The molecule has 0 bridgehead atoms. The molecule has 5 nitrogen and oxygen atoms in total. The van der Waals surface area contributed by atoms with Gasteiger partial charge in [-0.3, -0.25) is 14.5 Å². The van der Waals surface area contributed by atoms with Crippen molar-refractivity contribution in [3.05, 3.63) is 54.3 Å². The standard InChI is InChI=1S/C18H25N3O2S/c1-4-19-14-15(3)10-11-21-24-17-9-7-6-8-16(17)18(22)20-12-13-23-5-2/h4,6-10,14,21H,1,5,11-13H2,2-3H3,(H,20,22)/b15-10-,19-14?. The highest BCUT2D eigenvalue weighted by Gasteiger charge is 2.10. The molecule has 0 aliphatic heterocycles.